The van der Waals surface area contributed by atoms with E-state index >= 15 is 0 Å². The summed E-state index contributed by atoms with van der Waals surface area (Å²) in [6.07, 6.45) is 1.97. The number of hydrogen-bond donors (Lipinski definition) is 1. The smallest absolute Gasteiger partial charge is 0.145 e. The molecule has 108 valence electrons. The van der Waals surface area contributed by atoms with Crippen LogP contribution in [0.1, 0.15) is 26.7 Å². The van der Waals surface area contributed by atoms with Crippen LogP contribution in [0.4, 0.5) is 4.39 Å². The first-order valence-corrected chi connectivity index (χ1v) is 7.66. The maximum Gasteiger partial charge on any atom is 0.145 e. The van der Waals surface area contributed by atoms with Crippen molar-refractivity contribution in [2.24, 2.45) is 5.92 Å². The van der Waals surface area contributed by atoms with Gasteiger partial charge in [-0.05, 0) is 53.8 Å². The lowest BCUT2D eigenvalue weighted by Crippen LogP contribution is -2.21. The van der Waals surface area contributed by atoms with Crippen molar-refractivity contribution in [3.63, 3.8) is 0 Å². The summed E-state index contributed by atoms with van der Waals surface area (Å²) >= 11 is 8.96. The molecule has 1 N–H and O–H groups in total. The van der Waals surface area contributed by atoms with Gasteiger partial charge in [-0.15, -0.1) is 0 Å². The van der Waals surface area contributed by atoms with E-state index in [4.69, 9.17) is 16.3 Å². The number of ether oxygens (including phenoxy) is 1. The van der Waals surface area contributed by atoms with Gasteiger partial charge < -0.3 is 10.1 Å². The van der Waals surface area contributed by atoms with Crippen LogP contribution in [-0.2, 0) is 0 Å². The van der Waals surface area contributed by atoms with Gasteiger partial charge in [0.1, 0.15) is 11.6 Å². The third-order valence-electron chi connectivity index (χ3n) is 2.53. The lowest BCUT2D eigenvalue weighted by Gasteiger charge is -2.10. The van der Waals surface area contributed by atoms with Crippen molar-refractivity contribution in [3.8, 4) is 5.75 Å². The van der Waals surface area contributed by atoms with E-state index in [1.807, 2.05) is 0 Å². The third-order valence-corrected chi connectivity index (χ3v) is 3.44. The Morgan fingerprint density at radius 3 is 2.79 bits per heavy atom. The molecule has 0 aliphatic rings. The van der Waals surface area contributed by atoms with Crippen molar-refractivity contribution in [1.29, 1.82) is 0 Å². The summed E-state index contributed by atoms with van der Waals surface area (Å²) in [4.78, 5) is 0. The Kier molecular flexibility index (Phi) is 7.73. The molecule has 0 bridgehead atoms. The molecule has 0 aromatic heterocycles. The van der Waals surface area contributed by atoms with Gasteiger partial charge in [0.15, 0.2) is 0 Å². The standard InChI is InChI=1S/C14H20BrClFNO/c1-10(2)9-18-5-3-4-6-19-14-8-13(17)12(16)7-11(14)15/h7-8,10,18H,3-6,9H2,1-2H3. The predicted molar refractivity (Wildman–Crippen MR) is 81.5 cm³/mol. The second kappa shape index (κ2) is 8.77. The Morgan fingerprint density at radius 2 is 2.11 bits per heavy atom. The number of hydrogen-bond acceptors (Lipinski definition) is 2. The zero-order valence-corrected chi connectivity index (χ0v) is 13.7. The Bertz CT molecular complexity index is 401. The highest BCUT2D eigenvalue weighted by atomic mass is 79.9. The molecule has 0 aliphatic heterocycles. The van der Waals surface area contributed by atoms with Crippen LogP contribution in [0.25, 0.3) is 0 Å². The molecule has 0 heterocycles. The van der Waals surface area contributed by atoms with Crippen molar-refractivity contribution in [2.75, 3.05) is 19.7 Å². The second-order valence-electron chi connectivity index (χ2n) is 4.85. The minimum atomic E-state index is -0.460. The van der Waals surface area contributed by atoms with E-state index in [1.165, 1.54) is 12.1 Å². The van der Waals surface area contributed by atoms with Gasteiger partial charge in [-0.1, -0.05) is 25.4 Å². The van der Waals surface area contributed by atoms with Crippen LogP contribution in [0.3, 0.4) is 0 Å². The van der Waals surface area contributed by atoms with Crippen molar-refractivity contribution in [1.82, 2.24) is 5.32 Å². The van der Waals surface area contributed by atoms with E-state index in [-0.39, 0.29) is 5.02 Å². The fourth-order valence-corrected chi connectivity index (χ4v) is 2.29. The number of nitrogens with one attached hydrogen (secondary N) is 1. The molecule has 0 saturated heterocycles. The summed E-state index contributed by atoms with van der Waals surface area (Å²) in [6.45, 7) is 6.96. The van der Waals surface area contributed by atoms with Crippen LogP contribution < -0.4 is 10.1 Å². The summed E-state index contributed by atoms with van der Waals surface area (Å²) in [5.74, 6) is 0.708. The van der Waals surface area contributed by atoms with Gasteiger partial charge in [-0.25, -0.2) is 4.39 Å². The summed E-state index contributed by atoms with van der Waals surface area (Å²) < 4.78 is 19.5. The van der Waals surface area contributed by atoms with Gasteiger partial charge in [-0.3, -0.25) is 0 Å². The van der Waals surface area contributed by atoms with E-state index in [9.17, 15) is 4.39 Å². The van der Waals surface area contributed by atoms with Crippen LogP contribution in [0.15, 0.2) is 16.6 Å². The average Bonchev–Trinajstić information content (AvgIpc) is 2.33. The molecule has 5 heteroatoms. The summed E-state index contributed by atoms with van der Waals surface area (Å²) in [7, 11) is 0. The van der Waals surface area contributed by atoms with Crippen LogP contribution >= 0.6 is 27.5 Å². The van der Waals surface area contributed by atoms with Crippen LogP contribution in [0, 0.1) is 11.7 Å². The fraction of sp³-hybridized carbons (Fsp3) is 0.571. The Labute approximate surface area is 127 Å². The molecule has 0 unspecified atom stereocenters. The maximum absolute atomic E-state index is 13.3. The molecule has 0 spiro atoms. The monoisotopic (exact) mass is 351 g/mol. The Hall–Kier alpha value is -0.320. The van der Waals surface area contributed by atoms with E-state index in [1.54, 1.807) is 0 Å². The summed E-state index contributed by atoms with van der Waals surface area (Å²) in [5.41, 5.74) is 0. The summed E-state index contributed by atoms with van der Waals surface area (Å²) in [6, 6.07) is 2.82. The highest BCUT2D eigenvalue weighted by molar-refractivity contribution is 9.10. The van der Waals surface area contributed by atoms with Crippen LogP contribution in [0.5, 0.6) is 5.75 Å². The largest absolute Gasteiger partial charge is 0.492 e. The molecule has 0 atom stereocenters. The average molecular weight is 353 g/mol. The lowest BCUT2D eigenvalue weighted by molar-refractivity contribution is 0.302. The van der Waals surface area contributed by atoms with E-state index in [0.29, 0.717) is 22.7 Å². The van der Waals surface area contributed by atoms with Crippen molar-refractivity contribution >= 4 is 27.5 Å². The minimum Gasteiger partial charge on any atom is -0.492 e. The zero-order chi connectivity index (χ0) is 14.3. The maximum atomic E-state index is 13.3. The third kappa shape index (κ3) is 6.59. The van der Waals surface area contributed by atoms with Gasteiger partial charge >= 0.3 is 0 Å². The minimum absolute atomic E-state index is 0.0945. The van der Waals surface area contributed by atoms with Crippen molar-refractivity contribution in [3.05, 3.63) is 27.4 Å². The molecule has 1 aromatic carbocycles. The van der Waals surface area contributed by atoms with Crippen molar-refractivity contribution in [2.45, 2.75) is 26.7 Å². The van der Waals surface area contributed by atoms with Crippen LogP contribution in [0.2, 0.25) is 5.02 Å². The first kappa shape index (κ1) is 16.7. The lowest BCUT2D eigenvalue weighted by atomic mass is 10.2. The molecule has 2 nitrogen and oxygen atoms in total. The van der Waals surface area contributed by atoms with Gasteiger partial charge in [0.2, 0.25) is 0 Å². The molecule has 0 radical (unpaired) electrons. The molecule has 19 heavy (non-hydrogen) atoms. The Balaban J connectivity index is 2.21. The molecule has 0 saturated carbocycles. The number of benzene rings is 1. The number of rotatable bonds is 8. The fourth-order valence-electron chi connectivity index (χ4n) is 1.54. The molecule has 1 rings (SSSR count). The molecule has 0 fully saturated rings. The van der Waals surface area contributed by atoms with Gasteiger partial charge in [-0.2, -0.15) is 0 Å². The molecular weight excluding hydrogens is 333 g/mol. The molecular formula is C14H20BrClFNO. The molecule has 0 amide bonds. The van der Waals surface area contributed by atoms with Crippen molar-refractivity contribution < 1.29 is 9.13 Å². The zero-order valence-electron chi connectivity index (χ0n) is 11.3. The van der Waals surface area contributed by atoms with E-state index in [0.717, 1.165) is 25.9 Å². The highest BCUT2D eigenvalue weighted by Gasteiger charge is 2.07. The second-order valence-corrected chi connectivity index (χ2v) is 6.11. The van der Waals surface area contributed by atoms with Gasteiger partial charge in [0.25, 0.3) is 0 Å². The highest BCUT2D eigenvalue weighted by Crippen LogP contribution is 2.30. The first-order chi connectivity index (χ1) is 9.00. The molecule has 0 aliphatic carbocycles. The Morgan fingerprint density at radius 1 is 1.37 bits per heavy atom. The predicted octanol–water partition coefficient (Wildman–Crippen LogP) is 4.65. The quantitative estimate of drug-likeness (QED) is 0.543. The van der Waals surface area contributed by atoms with Gasteiger partial charge in [0.05, 0.1) is 16.1 Å². The summed E-state index contributed by atoms with van der Waals surface area (Å²) in [5, 5.41) is 3.46. The molecule has 1 aromatic rings. The van der Waals surface area contributed by atoms with Crippen LogP contribution in [-0.4, -0.2) is 19.7 Å². The normalized spacial score (nSPS) is 11.1. The van der Waals surface area contributed by atoms with Gasteiger partial charge in [0, 0.05) is 6.07 Å². The first-order valence-electron chi connectivity index (χ1n) is 6.48. The number of unbranched alkanes of at least 4 members (excludes halogenated alkanes) is 1. The SMILES string of the molecule is CC(C)CNCCCCOc1cc(F)c(Cl)cc1Br. The van der Waals surface area contributed by atoms with E-state index in [2.05, 4.69) is 35.1 Å². The van der Waals surface area contributed by atoms with E-state index < -0.39 is 5.82 Å². The number of halogens is 3. The topological polar surface area (TPSA) is 21.3 Å².